The minimum absolute atomic E-state index is 0.0848. The van der Waals surface area contributed by atoms with Crippen LogP contribution in [0.4, 0.5) is 8.78 Å². The van der Waals surface area contributed by atoms with Gasteiger partial charge in [-0.05, 0) is 72.0 Å². The second-order valence-electron chi connectivity index (χ2n) is 11.5. The molecule has 2 aromatic carbocycles. The maximum Gasteiger partial charge on any atom is 0.269 e. The summed E-state index contributed by atoms with van der Waals surface area (Å²) in [7, 11) is 1.46. The number of hydrogen-bond acceptors (Lipinski definition) is 8. The number of nitrogens with one attached hydrogen (secondary N) is 4. The first-order valence-electron chi connectivity index (χ1n) is 14.6. The number of rotatable bonds is 13. The molecule has 5 N–H and O–H groups in total. The highest BCUT2D eigenvalue weighted by Gasteiger charge is 2.34. The number of aromatic amines is 1. The van der Waals surface area contributed by atoms with Gasteiger partial charge >= 0.3 is 0 Å². The first kappa shape index (κ1) is 33.2. The second kappa shape index (κ2) is 14.1. The van der Waals surface area contributed by atoms with Gasteiger partial charge in [-0.25, -0.2) is 13.8 Å². The van der Waals surface area contributed by atoms with Crippen molar-refractivity contribution in [1.82, 2.24) is 25.9 Å². The zero-order valence-electron chi connectivity index (χ0n) is 24.9. The molecule has 45 heavy (non-hydrogen) atoms. The number of fused-ring (bicyclic) bond motifs is 2. The maximum atomic E-state index is 14.6. The quantitative estimate of drug-likeness (QED) is 0.0997. The lowest BCUT2D eigenvalue weighted by molar-refractivity contribution is -0.122. The van der Waals surface area contributed by atoms with Gasteiger partial charge in [-0.1, -0.05) is 19.9 Å². The van der Waals surface area contributed by atoms with E-state index in [1.165, 1.54) is 25.3 Å². The molecule has 0 spiro atoms. The van der Waals surface area contributed by atoms with Crippen LogP contribution in [0.15, 0.2) is 30.3 Å². The van der Waals surface area contributed by atoms with Gasteiger partial charge in [0.2, 0.25) is 11.7 Å². The van der Waals surface area contributed by atoms with Crippen LogP contribution in [-0.2, 0) is 4.79 Å². The van der Waals surface area contributed by atoms with Crippen molar-refractivity contribution in [2.45, 2.75) is 51.3 Å². The Morgan fingerprint density at radius 3 is 2.67 bits per heavy atom. The molecular formula is C31H34F2IN5O5S. The molecule has 5 rings (SSSR count). The molecule has 0 bridgehead atoms. The van der Waals surface area contributed by atoms with E-state index in [0.717, 1.165) is 11.3 Å². The molecule has 2 amide bonds. The van der Waals surface area contributed by atoms with Crippen molar-refractivity contribution < 1.29 is 33.0 Å². The van der Waals surface area contributed by atoms with Crippen molar-refractivity contribution in [3.8, 4) is 5.75 Å². The van der Waals surface area contributed by atoms with E-state index in [0.29, 0.717) is 38.8 Å². The Balaban J connectivity index is 1.35. The third kappa shape index (κ3) is 7.13. The van der Waals surface area contributed by atoms with Gasteiger partial charge in [0.1, 0.15) is 28.6 Å². The average molecular weight is 754 g/mol. The predicted molar refractivity (Wildman–Crippen MR) is 176 cm³/mol. The molecule has 1 unspecified atom stereocenters. The van der Waals surface area contributed by atoms with Gasteiger partial charge in [0.05, 0.1) is 44.5 Å². The van der Waals surface area contributed by atoms with Crippen LogP contribution in [0.3, 0.4) is 0 Å². The molecular weight excluding hydrogens is 719 g/mol. The first-order valence-corrected chi connectivity index (χ1v) is 16.5. The Bertz CT molecular complexity index is 1740. The molecule has 3 heterocycles. The maximum absolute atomic E-state index is 14.6. The molecule has 1 fully saturated rings. The van der Waals surface area contributed by atoms with Gasteiger partial charge in [0.15, 0.2) is 5.01 Å². The molecule has 1 aliphatic heterocycles. The van der Waals surface area contributed by atoms with Crippen molar-refractivity contribution in [2.75, 3.05) is 20.2 Å². The van der Waals surface area contributed by atoms with Gasteiger partial charge < -0.3 is 30.8 Å². The Labute approximate surface area is 275 Å². The molecule has 10 nitrogen and oxygen atoms in total. The van der Waals surface area contributed by atoms with E-state index < -0.39 is 47.4 Å². The highest BCUT2D eigenvalue weighted by atomic mass is 127. The van der Waals surface area contributed by atoms with E-state index in [1.807, 2.05) is 36.4 Å². The number of ketones is 1. The number of benzene rings is 2. The zero-order valence-corrected chi connectivity index (χ0v) is 27.9. The number of H-pyrrole nitrogens is 1. The number of methoxy groups -OCH3 is 1. The highest BCUT2D eigenvalue weighted by molar-refractivity contribution is 14.1. The smallest absolute Gasteiger partial charge is 0.269 e. The van der Waals surface area contributed by atoms with Crippen LogP contribution in [0.25, 0.3) is 21.1 Å². The number of ether oxygens (including phenoxy) is 1. The number of amides is 2. The third-order valence-electron chi connectivity index (χ3n) is 7.91. The second-order valence-corrected chi connectivity index (χ2v) is 13.6. The van der Waals surface area contributed by atoms with E-state index >= 15 is 0 Å². The number of hydrogen-bond donors (Lipinski definition) is 5. The minimum Gasteiger partial charge on any atom is -0.496 e. The van der Waals surface area contributed by atoms with Gasteiger partial charge in [-0.3, -0.25) is 14.4 Å². The number of nitrogens with zero attached hydrogens (tertiary/aromatic N) is 1. The number of aliphatic hydroxyl groups excluding tert-OH is 1. The van der Waals surface area contributed by atoms with Crippen molar-refractivity contribution in [3.05, 3.63) is 56.2 Å². The number of aromatic nitrogens is 2. The number of aliphatic hydroxyl groups is 1. The first-order chi connectivity index (χ1) is 21.5. The number of Topliss-reactive ketones (excluding diaryl/α,β-unsaturated/α-hetero) is 1. The normalized spacial score (nSPS) is 17.1. The predicted octanol–water partition coefficient (Wildman–Crippen LogP) is 4.54. The van der Waals surface area contributed by atoms with E-state index in [2.05, 4.69) is 25.9 Å². The fraction of sp³-hybridized carbons (Fsp3) is 0.419. The van der Waals surface area contributed by atoms with Gasteiger partial charge in [0, 0.05) is 19.0 Å². The lowest BCUT2D eigenvalue weighted by Gasteiger charge is -2.28. The highest BCUT2D eigenvalue weighted by Crippen LogP contribution is 2.34. The Morgan fingerprint density at radius 2 is 2.00 bits per heavy atom. The standard InChI is InChI=1S/C31H34F2IN5O5S/c1-14(2)11-18(37-30(43)27-24(34)23-21(44-3)8-7-17(33)26(23)38-27)20(40)13-36-19(12-15-9-10-35-29(15)42)28(41)31-39-25-16(32)5-4-6-22(25)45-31/h4-8,14-15,18-20,36,38,40H,9-13H2,1-3H3,(H,35,42)(H,37,43)/t15-,18-,19-,20?/m0/s1. The summed E-state index contributed by atoms with van der Waals surface area (Å²) < 4.78 is 35.3. The molecule has 1 saturated heterocycles. The van der Waals surface area contributed by atoms with Crippen molar-refractivity contribution >= 4 is 72.6 Å². The van der Waals surface area contributed by atoms with Gasteiger partial charge in [0.25, 0.3) is 5.91 Å². The van der Waals surface area contributed by atoms with Crippen molar-refractivity contribution in [1.29, 1.82) is 0 Å². The lowest BCUT2D eigenvalue weighted by atomic mass is 9.94. The zero-order chi connectivity index (χ0) is 32.4. The number of para-hydroxylation sites is 1. The number of carbonyl (C=O) groups excluding carboxylic acids is 3. The minimum atomic E-state index is -1.13. The van der Waals surface area contributed by atoms with Gasteiger partial charge in [-0.15, -0.1) is 11.3 Å². The van der Waals surface area contributed by atoms with Gasteiger partial charge in [-0.2, -0.15) is 0 Å². The van der Waals surface area contributed by atoms with Crippen LogP contribution in [0, 0.1) is 27.0 Å². The summed E-state index contributed by atoms with van der Waals surface area (Å²) in [6.45, 7) is 4.31. The number of carbonyl (C=O) groups is 3. The molecule has 1 aliphatic rings. The summed E-state index contributed by atoms with van der Waals surface area (Å²) in [5, 5.41) is 20.6. The fourth-order valence-corrected chi connectivity index (χ4v) is 7.49. The molecule has 14 heteroatoms. The van der Waals surface area contributed by atoms with Crippen LogP contribution in [0.2, 0.25) is 0 Å². The average Bonchev–Trinajstić information content (AvgIpc) is 3.72. The fourth-order valence-electron chi connectivity index (χ4n) is 5.60. The summed E-state index contributed by atoms with van der Waals surface area (Å²) >= 11 is 3.03. The van der Waals surface area contributed by atoms with Crippen LogP contribution in [-0.4, -0.2) is 71.1 Å². The topological polar surface area (TPSA) is 145 Å². The van der Waals surface area contributed by atoms with Crippen LogP contribution in [0.5, 0.6) is 5.75 Å². The summed E-state index contributed by atoms with van der Waals surface area (Å²) in [6, 6.07) is 5.62. The van der Waals surface area contributed by atoms with E-state index in [4.69, 9.17) is 4.74 Å². The number of thiazole rings is 1. The molecule has 0 saturated carbocycles. The molecule has 240 valence electrons. The number of halogens is 3. The molecule has 4 atom stereocenters. The molecule has 2 aromatic heterocycles. The molecule has 0 aliphatic carbocycles. The van der Waals surface area contributed by atoms with E-state index in [9.17, 15) is 28.3 Å². The summed E-state index contributed by atoms with van der Waals surface area (Å²) in [5.41, 5.74) is 0.372. The summed E-state index contributed by atoms with van der Waals surface area (Å²) in [6.07, 6.45) is -0.00573. The largest absolute Gasteiger partial charge is 0.496 e. The van der Waals surface area contributed by atoms with E-state index in [1.54, 1.807) is 12.1 Å². The summed E-state index contributed by atoms with van der Waals surface area (Å²) in [5.74, 6) is -2.08. The third-order valence-corrected chi connectivity index (χ3v) is 10.0. The van der Waals surface area contributed by atoms with Crippen molar-refractivity contribution in [2.24, 2.45) is 11.8 Å². The lowest BCUT2D eigenvalue weighted by Crippen LogP contribution is -2.51. The molecule has 4 aromatic rings. The van der Waals surface area contributed by atoms with Crippen LogP contribution < -0.4 is 20.7 Å². The molecule has 0 radical (unpaired) electrons. The summed E-state index contributed by atoms with van der Waals surface area (Å²) in [4.78, 5) is 46.6. The van der Waals surface area contributed by atoms with Crippen LogP contribution in [0.1, 0.15) is 53.4 Å². The van der Waals surface area contributed by atoms with Crippen LogP contribution >= 0.6 is 33.9 Å². The SMILES string of the molecule is COc1ccc(F)c2[nH]c(C(=O)N[C@@H](CC(C)C)C(O)CN[C@@H](C[C@@H]3CCNC3=O)C(=O)c3nc4c(F)cccc4s3)c(I)c12. The Kier molecular flexibility index (Phi) is 10.4. The monoisotopic (exact) mass is 753 g/mol. The van der Waals surface area contributed by atoms with E-state index in [-0.39, 0.29) is 46.5 Å². The van der Waals surface area contributed by atoms with Crippen molar-refractivity contribution in [3.63, 3.8) is 0 Å². The Hall–Kier alpha value is -3.21. The Morgan fingerprint density at radius 1 is 1.22 bits per heavy atom.